The number of benzene rings is 1. The van der Waals surface area contributed by atoms with Crippen molar-refractivity contribution in [2.75, 3.05) is 6.61 Å². The van der Waals surface area contributed by atoms with Gasteiger partial charge in [0, 0.05) is 18.6 Å². The lowest BCUT2D eigenvalue weighted by Crippen LogP contribution is -2.31. The highest BCUT2D eigenvalue weighted by atomic mass is 19.1. The summed E-state index contributed by atoms with van der Waals surface area (Å²) in [6, 6.07) is 5.66. The van der Waals surface area contributed by atoms with Gasteiger partial charge in [-0.3, -0.25) is 4.79 Å². The van der Waals surface area contributed by atoms with Gasteiger partial charge in [0.2, 0.25) is 5.91 Å². The Kier molecular flexibility index (Phi) is 5.56. The van der Waals surface area contributed by atoms with E-state index in [-0.39, 0.29) is 36.5 Å². The lowest BCUT2D eigenvalue weighted by molar-refractivity contribution is -0.122. The monoisotopic (exact) mass is 294 g/mol. The minimum atomic E-state index is -0.380. The topological polar surface area (TPSA) is 50.4 Å². The fourth-order valence-electron chi connectivity index (χ4n) is 1.97. The molecule has 21 heavy (non-hydrogen) atoms. The second-order valence-electron chi connectivity index (χ2n) is 5.74. The van der Waals surface area contributed by atoms with Crippen LogP contribution in [0.1, 0.15) is 38.7 Å². The summed E-state index contributed by atoms with van der Waals surface area (Å²) in [5, 5.41) is 6.10. The van der Waals surface area contributed by atoms with E-state index < -0.39 is 0 Å². The molecule has 2 rings (SSSR count). The molecule has 2 N–H and O–H groups in total. The fraction of sp³-hybridized carbons (Fsp3) is 0.562. The highest BCUT2D eigenvalue weighted by molar-refractivity contribution is 5.76. The maximum atomic E-state index is 13.9. The van der Waals surface area contributed by atoms with Crippen molar-refractivity contribution >= 4 is 5.91 Å². The Labute approximate surface area is 125 Å². The van der Waals surface area contributed by atoms with E-state index in [9.17, 15) is 9.18 Å². The van der Waals surface area contributed by atoms with Crippen molar-refractivity contribution in [3.05, 3.63) is 29.6 Å². The molecule has 0 radical (unpaired) electrons. The molecule has 116 valence electrons. The second-order valence-corrected chi connectivity index (χ2v) is 5.74. The van der Waals surface area contributed by atoms with Gasteiger partial charge in [-0.2, -0.15) is 0 Å². The van der Waals surface area contributed by atoms with Crippen LogP contribution < -0.4 is 15.4 Å². The van der Waals surface area contributed by atoms with Crippen molar-refractivity contribution in [3.8, 4) is 5.75 Å². The molecule has 1 aliphatic rings. The first-order valence-electron chi connectivity index (χ1n) is 7.48. The molecule has 4 nitrogen and oxygen atoms in total. The number of amides is 1. The van der Waals surface area contributed by atoms with Gasteiger partial charge >= 0.3 is 0 Å². The van der Waals surface area contributed by atoms with Gasteiger partial charge in [0.25, 0.3) is 0 Å². The molecule has 1 aromatic rings. The predicted octanol–water partition coefficient (Wildman–Crippen LogP) is 2.37. The summed E-state index contributed by atoms with van der Waals surface area (Å²) in [6.45, 7) is 4.65. The van der Waals surface area contributed by atoms with Gasteiger partial charge in [0.05, 0.1) is 13.0 Å². The Morgan fingerprint density at radius 2 is 2.19 bits per heavy atom. The highest BCUT2D eigenvalue weighted by Crippen LogP contribution is 2.21. The molecule has 0 unspecified atom stereocenters. The zero-order chi connectivity index (χ0) is 15.2. The Morgan fingerprint density at radius 3 is 2.81 bits per heavy atom. The van der Waals surface area contributed by atoms with Crippen LogP contribution in [-0.4, -0.2) is 24.6 Å². The van der Waals surface area contributed by atoms with E-state index >= 15 is 0 Å². The van der Waals surface area contributed by atoms with E-state index in [1.807, 2.05) is 19.9 Å². The Hall–Kier alpha value is -1.62. The molecule has 5 heteroatoms. The largest absolute Gasteiger partial charge is 0.490 e. The highest BCUT2D eigenvalue weighted by Gasteiger charge is 2.20. The molecule has 0 aromatic heterocycles. The Bertz CT molecular complexity index is 487. The number of hydrogen-bond acceptors (Lipinski definition) is 3. The molecular formula is C16H23FN2O2. The normalized spacial score (nSPS) is 14.3. The number of nitrogens with one attached hydrogen (secondary N) is 2. The predicted molar refractivity (Wildman–Crippen MR) is 79.7 cm³/mol. The summed E-state index contributed by atoms with van der Waals surface area (Å²) in [6.07, 6.45) is 2.65. The van der Waals surface area contributed by atoms with Gasteiger partial charge < -0.3 is 15.4 Å². The molecule has 0 bridgehead atoms. The molecule has 0 atom stereocenters. The SMILES string of the molecule is CC(C)NC(=O)CCOc1ccc(CNC2CC2)cc1F. The van der Waals surface area contributed by atoms with Crippen molar-refractivity contribution in [2.24, 2.45) is 0 Å². The Morgan fingerprint density at radius 1 is 1.43 bits per heavy atom. The van der Waals surface area contributed by atoms with Gasteiger partial charge in [-0.15, -0.1) is 0 Å². The maximum absolute atomic E-state index is 13.9. The molecule has 0 spiro atoms. The van der Waals surface area contributed by atoms with Crippen molar-refractivity contribution in [2.45, 2.75) is 51.7 Å². The van der Waals surface area contributed by atoms with Gasteiger partial charge in [-0.05, 0) is 44.4 Å². The standard InChI is InChI=1S/C16H23FN2O2/c1-11(2)19-16(20)7-8-21-15-6-3-12(9-14(15)17)10-18-13-4-5-13/h3,6,9,11,13,18H,4-5,7-8,10H2,1-2H3,(H,19,20). The van der Waals surface area contributed by atoms with Crippen LogP contribution in [-0.2, 0) is 11.3 Å². The van der Waals surface area contributed by atoms with Crippen molar-refractivity contribution in [1.82, 2.24) is 10.6 Å². The number of halogens is 1. The van der Waals surface area contributed by atoms with E-state index in [0.717, 1.165) is 5.56 Å². The van der Waals surface area contributed by atoms with Crippen LogP contribution in [0.5, 0.6) is 5.75 Å². The first-order valence-corrected chi connectivity index (χ1v) is 7.48. The van der Waals surface area contributed by atoms with E-state index in [0.29, 0.717) is 12.6 Å². The second kappa shape index (κ2) is 7.41. The van der Waals surface area contributed by atoms with E-state index in [2.05, 4.69) is 10.6 Å². The summed E-state index contributed by atoms with van der Waals surface area (Å²) >= 11 is 0. The summed E-state index contributed by atoms with van der Waals surface area (Å²) in [4.78, 5) is 11.4. The molecule has 0 saturated heterocycles. The van der Waals surface area contributed by atoms with Gasteiger partial charge in [0.1, 0.15) is 0 Å². The minimum Gasteiger partial charge on any atom is -0.490 e. The number of carbonyl (C=O) groups is 1. The summed E-state index contributed by atoms with van der Waals surface area (Å²) < 4.78 is 19.2. The van der Waals surface area contributed by atoms with Crippen LogP contribution in [0.4, 0.5) is 4.39 Å². The molecule has 0 aliphatic heterocycles. The van der Waals surface area contributed by atoms with Crippen molar-refractivity contribution < 1.29 is 13.9 Å². The van der Waals surface area contributed by atoms with Crippen LogP contribution in [0, 0.1) is 5.82 Å². The molecule has 1 fully saturated rings. The van der Waals surface area contributed by atoms with Crippen LogP contribution in [0.3, 0.4) is 0 Å². The van der Waals surface area contributed by atoms with Crippen LogP contribution >= 0.6 is 0 Å². The molecular weight excluding hydrogens is 271 g/mol. The number of carbonyl (C=O) groups excluding carboxylic acids is 1. The molecule has 1 saturated carbocycles. The van der Waals surface area contributed by atoms with E-state index in [1.54, 1.807) is 6.07 Å². The average Bonchev–Trinajstić information content (AvgIpc) is 3.22. The summed E-state index contributed by atoms with van der Waals surface area (Å²) in [5.41, 5.74) is 0.907. The molecule has 1 aromatic carbocycles. The third kappa shape index (κ3) is 5.71. The summed E-state index contributed by atoms with van der Waals surface area (Å²) in [5.74, 6) is -0.271. The third-order valence-electron chi connectivity index (χ3n) is 3.20. The van der Waals surface area contributed by atoms with E-state index in [4.69, 9.17) is 4.74 Å². The Balaban J connectivity index is 1.76. The zero-order valence-electron chi connectivity index (χ0n) is 12.6. The number of rotatable bonds is 8. The average molecular weight is 294 g/mol. The maximum Gasteiger partial charge on any atom is 0.223 e. The number of ether oxygens (including phenoxy) is 1. The van der Waals surface area contributed by atoms with Gasteiger partial charge in [0.15, 0.2) is 11.6 Å². The lowest BCUT2D eigenvalue weighted by Gasteiger charge is -2.11. The van der Waals surface area contributed by atoms with Crippen LogP contribution in [0.2, 0.25) is 0 Å². The first-order chi connectivity index (χ1) is 10.0. The smallest absolute Gasteiger partial charge is 0.223 e. The zero-order valence-corrected chi connectivity index (χ0v) is 12.6. The van der Waals surface area contributed by atoms with Gasteiger partial charge in [-0.1, -0.05) is 6.07 Å². The molecule has 1 amide bonds. The molecule has 0 heterocycles. The van der Waals surface area contributed by atoms with Crippen LogP contribution in [0.25, 0.3) is 0 Å². The van der Waals surface area contributed by atoms with Crippen molar-refractivity contribution in [1.29, 1.82) is 0 Å². The first kappa shape index (κ1) is 15.8. The third-order valence-corrected chi connectivity index (χ3v) is 3.20. The summed E-state index contributed by atoms with van der Waals surface area (Å²) in [7, 11) is 0. The number of hydrogen-bond donors (Lipinski definition) is 2. The van der Waals surface area contributed by atoms with Crippen molar-refractivity contribution in [3.63, 3.8) is 0 Å². The quantitative estimate of drug-likeness (QED) is 0.774. The van der Waals surface area contributed by atoms with Crippen LogP contribution in [0.15, 0.2) is 18.2 Å². The molecule has 1 aliphatic carbocycles. The minimum absolute atomic E-state index is 0.0874. The van der Waals surface area contributed by atoms with Gasteiger partial charge in [-0.25, -0.2) is 4.39 Å². The van der Waals surface area contributed by atoms with E-state index in [1.165, 1.54) is 18.9 Å². The fourth-order valence-corrected chi connectivity index (χ4v) is 1.97. The lowest BCUT2D eigenvalue weighted by atomic mass is 10.2.